The SMILES string of the molecule is Cc1c(N)cc(C(=O)O)cc1N1CC(Br)CC1=O. The zero-order valence-electron chi connectivity index (χ0n) is 9.81. The summed E-state index contributed by atoms with van der Waals surface area (Å²) in [6, 6.07) is 2.91. The molecule has 0 bridgehead atoms. The molecule has 0 radical (unpaired) electrons. The molecule has 96 valence electrons. The molecule has 1 amide bonds. The first kappa shape index (κ1) is 12.9. The first-order chi connectivity index (χ1) is 8.40. The number of nitrogens with two attached hydrogens (primary N) is 1. The monoisotopic (exact) mass is 312 g/mol. The van der Waals surface area contributed by atoms with E-state index in [1.54, 1.807) is 11.8 Å². The Morgan fingerprint density at radius 2 is 2.22 bits per heavy atom. The minimum atomic E-state index is -1.05. The van der Waals surface area contributed by atoms with E-state index < -0.39 is 5.97 Å². The zero-order chi connectivity index (χ0) is 13.4. The second-order valence-corrected chi connectivity index (χ2v) is 5.62. The van der Waals surface area contributed by atoms with Gasteiger partial charge in [0.15, 0.2) is 0 Å². The standard InChI is InChI=1S/C12H13BrN2O3/c1-6-9(14)2-7(12(17)18)3-10(6)15-5-8(13)4-11(15)16/h2-3,8H,4-5,14H2,1H3,(H,17,18). The van der Waals surface area contributed by atoms with Gasteiger partial charge in [-0.15, -0.1) is 0 Å². The van der Waals surface area contributed by atoms with Crippen molar-refractivity contribution in [2.45, 2.75) is 18.2 Å². The number of hydrogen-bond donors (Lipinski definition) is 2. The summed E-state index contributed by atoms with van der Waals surface area (Å²) >= 11 is 3.40. The number of benzene rings is 1. The molecule has 1 aromatic carbocycles. The molecule has 0 spiro atoms. The number of carboxylic acid groups (broad SMARTS) is 1. The molecule has 18 heavy (non-hydrogen) atoms. The zero-order valence-corrected chi connectivity index (χ0v) is 11.4. The number of halogens is 1. The highest BCUT2D eigenvalue weighted by molar-refractivity contribution is 9.09. The van der Waals surface area contributed by atoms with Crippen LogP contribution < -0.4 is 10.6 Å². The van der Waals surface area contributed by atoms with Crippen LogP contribution in [-0.4, -0.2) is 28.4 Å². The second kappa shape index (κ2) is 4.61. The van der Waals surface area contributed by atoms with Crippen molar-refractivity contribution in [3.63, 3.8) is 0 Å². The summed E-state index contributed by atoms with van der Waals surface area (Å²) in [4.78, 5) is 24.5. The fraction of sp³-hybridized carbons (Fsp3) is 0.333. The van der Waals surface area contributed by atoms with Crippen molar-refractivity contribution in [2.24, 2.45) is 0 Å². The quantitative estimate of drug-likeness (QED) is 0.644. The molecule has 1 fully saturated rings. The minimum Gasteiger partial charge on any atom is -0.478 e. The molecule has 0 saturated carbocycles. The van der Waals surface area contributed by atoms with Crippen molar-refractivity contribution < 1.29 is 14.7 Å². The maximum absolute atomic E-state index is 11.8. The third kappa shape index (κ3) is 2.20. The average Bonchev–Trinajstić information content (AvgIpc) is 2.61. The Labute approximate surface area is 113 Å². The number of hydrogen-bond acceptors (Lipinski definition) is 3. The molecular weight excluding hydrogens is 300 g/mol. The highest BCUT2D eigenvalue weighted by Crippen LogP contribution is 2.31. The fourth-order valence-corrected chi connectivity index (χ4v) is 2.59. The maximum atomic E-state index is 11.8. The van der Waals surface area contributed by atoms with Gasteiger partial charge in [-0.25, -0.2) is 4.79 Å². The van der Waals surface area contributed by atoms with Gasteiger partial charge in [-0.3, -0.25) is 4.79 Å². The third-order valence-corrected chi connectivity index (χ3v) is 3.65. The molecule has 1 heterocycles. The lowest BCUT2D eigenvalue weighted by atomic mass is 10.1. The van der Waals surface area contributed by atoms with E-state index in [0.717, 1.165) is 5.56 Å². The molecule has 0 aromatic heterocycles. The molecule has 1 unspecified atom stereocenters. The summed E-state index contributed by atoms with van der Waals surface area (Å²) in [5.74, 6) is -1.08. The summed E-state index contributed by atoms with van der Waals surface area (Å²) in [5.41, 5.74) is 7.59. The van der Waals surface area contributed by atoms with E-state index in [4.69, 9.17) is 10.8 Å². The van der Waals surface area contributed by atoms with Gasteiger partial charge in [-0.05, 0) is 24.6 Å². The Hall–Kier alpha value is -1.56. The second-order valence-electron chi connectivity index (χ2n) is 4.32. The van der Waals surface area contributed by atoms with Crippen LogP contribution in [0.4, 0.5) is 11.4 Å². The van der Waals surface area contributed by atoms with Crippen LogP contribution >= 0.6 is 15.9 Å². The van der Waals surface area contributed by atoms with E-state index in [0.29, 0.717) is 24.3 Å². The Kier molecular flexibility index (Phi) is 3.30. The average molecular weight is 313 g/mol. The normalized spacial score (nSPS) is 19.3. The van der Waals surface area contributed by atoms with Gasteiger partial charge >= 0.3 is 5.97 Å². The van der Waals surface area contributed by atoms with Crippen LogP contribution in [0.3, 0.4) is 0 Å². The minimum absolute atomic E-state index is 0.0260. The van der Waals surface area contributed by atoms with Gasteiger partial charge in [-0.2, -0.15) is 0 Å². The Morgan fingerprint density at radius 1 is 1.56 bits per heavy atom. The third-order valence-electron chi connectivity index (χ3n) is 3.04. The number of carbonyl (C=O) groups is 2. The maximum Gasteiger partial charge on any atom is 0.335 e. The number of carbonyl (C=O) groups excluding carboxylic acids is 1. The number of amides is 1. The lowest BCUT2D eigenvalue weighted by Crippen LogP contribution is -2.26. The van der Waals surface area contributed by atoms with Crippen LogP contribution in [0.1, 0.15) is 22.3 Å². The van der Waals surface area contributed by atoms with Crippen LogP contribution in [0, 0.1) is 6.92 Å². The predicted octanol–water partition coefficient (Wildman–Crippen LogP) is 1.78. The summed E-state index contributed by atoms with van der Waals surface area (Å²) in [7, 11) is 0. The molecule has 1 aromatic rings. The molecule has 5 nitrogen and oxygen atoms in total. The molecule has 6 heteroatoms. The number of alkyl halides is 1. The lowest BCUT2D eigenvalue weighted by Gasteiger charge is -2.20. The number of nitrogens with zero attached hydrogens (tertiary/aromatic N) is 1. The van der Waals surface area contributed by atoms with Crippen LogP contribution in [-0.2, 0) is 4.79 Å². The first-order valence-electron chi connectivity index (χ1n) is 5.48. The van der Waals surface area contributed by atoms with Gasteiger partial charge in [-0.1, -0.05) is 15.9 Å². The summed E-state index contributed by atoms with van der Waals surface area (Å²) < 4.78 is 0. The van der Waals surface area contributed by atoms with Crippen molar-refractivity contribution in [1.29, 1.82) is 0 Å². The molecule has 1 saturated heterocycles. The van der Waals surface area contributed by atoms with E-state index in [1.807, 2.05) is 0 Å². The predicted molar refractivity (Wildman–Crippen MR) is 72.2 cm³/mol. The number of rotatable bonds is 2. The summed E-state index contributed by atoms with van der Waals surface area (Å²) in [5, 5.41) is 9.02. The fourth-order valence-electron chi connectivity index (χ4n) is 2.02. The Bertz CT molecular complexity index is 530. The van der Waals surface area contributed by atoms with Gasteiger partial charge < -0.3 is 15.7 Å². The van der Waals surface area contributed by atoms with Gasteiger partial charge in [0.1, 0.15) is 0 Å². The largest absolute Gasteiger partial charge is 0.478 e. The van der Waals surface area contributed by atoms with Crippen LogP contribution in [0.15, 0.2) is 12.1 Å². The summed E-state index contributed by atoms with van der Waals surface area (Å²) in [6.45, 7) is 2.31. The number of nitrogen functional groups attached to an aromatic ring is 1. The highest BCUT2D eigenvalue weighted by atomic mass is 79.9. The van der Waals surface area contributed by atoms with Gasteiger partial charge in [0, 0.05) is 29.2 Å². The summed E-state index contributed by atoms with van der Waals surface area (Å²) in [6.07, 6.45) is 0.413. The van der Waals surface area contributed by atoms with Gasteiger partial charge in [0.05, 0.1) is 5.56 Å². The van der Waals surface area contributed by atoms with Crippen LogP contribution in [0.2, 0.25) is 0 Å². The number of anilines is 2. The molecule has 1 aliphatic heterocycles. The molecule has 1 atom stereocenters. The van der Waals surface area contributed by atoms with Crippen molar-refractivity contribution in [3.05, 3.63) is 23.3 Å². The number of aromatic carboxylic acids is 1. The van der Waals surface area contributed by atoms with E-state index in [1.165, 1.54) is 12.1 Å². The van der Waals surface area contributed by atoms with Crippen molar-refractivity contribution in [3.8, 4) is 0 Å². The lowest BCUT2D eigenvalue weighted by molar-refractivity contribution is -0.117. The Morgan fingerprint density at radius 3 is 2.72 bits per heavy atom. The molecular formula is C12H13BrN2O3. The van der Waals surface area contributed by atoms with Crippen LogP contribution in [0.25, 0.3) is 0 Å². The molecule has 3 N–H and O–H groups in total. The topological polar surface area (TPSA) is 83.6 Å². The molecule has 1 aliphatic rings. The Balaban J connectivity index is 2.50. The highest BCUT2D eigenvalue weighted by Gasteiger charge is 2.30. The van der Waals surface area contributed by atoms with Gasteiger partial charge in [0.2, 0.25) is 5.91 Å². The van der Waals surface area contributed by atoms with E-state index in [9.17, 15) is 9.59 Å². The van der Waals surface area contributed by atoms with Crippen molar-refractivity contribution >= 4 is 39.2 Å². The van der Waals surface area contributed by atoms with E-state index in [2.05, 4.69) is 15.9 Å². The van der Waals surface area contributed by atoms with Crippen molar-refractivity contribution in [2.75, 3.05) is 17.2 Å². The van der Waals surface area contributed by atoms with E-state index in [-0.39, 0.29) is 16.3 Å². The molecule has 0 aliphatic carbocycles. The van der Waals surface area contributed by atoms with E-state index >= 15 is 0 Å². The van der Waals surface area contributed by atoms with Crippen LogP contribution in [0.5, 0.6) is 0 Å². The first-order valence-corrected chi connectivity index (χ1v) is 6.39. The molecule has 2 rings (SSSR count). The van der Waals surface area contributed by atoms with Gasteiger partial charge in [0.25, 0.3) is 0 Å². The van der Waals surface area contributed by atoms with Crippen molar-refractivity contribution in [1.82, 2.24) is 0 Å². The number of carboxylic acids is 1. The smallest absolute Gasteiger partial charge is 0.335 e.